The minimum absolute atomic E-state index is 0.0753. The second kappa shape index (κ2) is 8.15. The highest BCUT2D eigenvalue weighted by molar-refractivity contribution is 5.82. The number of nitrogens with zero attached hydrogens (tertiary/aromatic N) is 1. The molecule has 0 bridgehead atoms. The van der Waals surface area contributed by atoms with Crippen molar-refractivity contribution in [2.24, 2.45) is 5.73 Å². The third-order valence-corrected chi connectivity index (χ3v) is 4.26. The molecule has 1 saturated heterocycles. The summed E-state index contributed by atoms with van der Waals surface area (Å²) >= 11 is 0. The molecule has 4 nitrogen and oxygen atoms in total. The highest BCUT2D eigenvalue weighted by Gasteiger charge is 2.30. The molecule has 3 N–H and O–H groups in total. The Morgan fingerprint density at radius 2 is 2.14 bits per heavy atom. The molecule has 1 aromatic carbocycles. The summed E-state index contributed by atoms with van der Waals surface area (Å²) in [5.74, 6) is 0.0753. The molecular weight excluding hydrogens is 264 g/mol. The fourth-order valence-electron chi connectivity index (χ4n) is 3.06. The van der Waals surface area contributed by atoms with E-state index in [-0.39, 0.29) is 18.6 Å². The Bertz CT molecular complexity index is 436. The second-order valence-electron chi connectivity index (χ2n) is 5.82. The van der Waals surface area contributed by atoms with E-state index in [4.69, 9.17) is 10.8 Å². The van der Waals surface area contributed by atoms with E-state index in [1.165, 1.54) is 5.56 Å². The number of rotatable bonds is 7. The van der Waals surface area contributed by atoms with Gasteiger partial charge in [0.25, 0.3) is 0 Å². The van der Waals surface area contributed by atoms with Crippen molar-refractivity contribution in [1.29, 1.82) is 0 Å². The van der Waals surface area contributed by atoms with E-state index in [0.717, 1.165) is 38.6 Å². The maximum absolute atomic E-state index is 12.5. The maximum Gasteiger partial charge on any atom is 0.239 e. The van der Waals surface area contributed by atoms with Gasteiger partial charge in [0.15, 0.2) is 0 Å². The van der Waals surface area contributed by atoms with Crippen LogP contribution < -0.4 is 5.73 Å². The average Bonchev–Trinajstić information content (AvgIpc) is 2.99. The molecule has 4 heteroatoms. The molecule has 2 atom stereocenters. The first-order chi connectivity index (χ1) is 10.2. The Balaban J connectivity index is 1.83. The van der Waals surface area contributed by atoms with Crippen molar-refractivity contribution in [3.05, 3.63) is 35.9 Å². The molecule has 1 fully saturated rings. The van der Waals surface area contributed by atoms with Gasteiger partial charge in [-0.25, -0.2) is 0 Å². The molecule has 1 aromatic rings. The largest absolute Gasteiger partial charge is 0.396 e. The summed E-state index contributed by atoms with van der Waals surface area (Å²) < 4.78 is 0. The van der Waals surface area contributed by atoms with Crippen LogP contribution >= 0.6 is 0 Å². The van der Waals surface area contributed by atoms with E-state index >= 15 is 0 Å². The summed E-state index contributed by atoms with van der Waals surface area (Å²) in [6.07, 6.45) is 5.25. The van der Waals surface area contributed by atoms with Gasteiger partial charge in [-0.3, -0.25) is 4.79 Å². The third kappa shape index (κ3) is 4.55. The predicted molar refractivity (Wildman–Crippen MR) is 83.8 cm³/mol. The molecule has 1 heterocycles. The van der Waals surface area contributed by atoms with Crippen LogP contribution in [0.2, 0.25) is 0 Å². The third-order valence-electron chi connectivity index (χ3n) is 4.26. The zero-order valence-electron chi connectivity index (χ0n) is 12.6. The smallest absolute Gasteiger partial charge is 0.239 e. The minimum Gasteiger partial charge on any atom is -0.396 e. The van der Waals surface area contributed by atoms with Crippen molar-refractivity contribution >= 4 is 5.91 Å². The van der Waals surface area contributed by atoms with Crippen LogP contribution in [-0.2, 0) is 11.2 Å². The molecule has 116 valence electrons. The average molecular weight is 290 g/mol. The van der Waals surface area contributed by atoms with Crippen LogP contribution in [0.15, 0.2) is 30.3 Å². The van der Waals surface area contributed by atoms with Crippen molar-refractivity contribution in [1.82, 2.24) is 4.90 Å². The minimum atomic E-state index is -0.417. The lowest BCUT2D eigenvalue weighted by Crippen LogP contribution is -2.46. The Labute approximate surface area is 126 Å². The molecule has 0 aromatic heterocycles. The quantitative estimate of drug-likeness (QED) is 0.803. The molecule has 0 saturated carbocycles. The molecular formula is C17H26N2O2. The topological polar surface area (TPSA) is 66.6 Å². The number of hydrogen-bond donors (Lipinski definition) is 2. The van der Waals surface area contributed by atoms with E-state index in [0.29, 0.717) is 6.42 Å². The number of carbonyl (C=O) groups is 1. The van der Waals surface area contributed by atoms with Crippen LogP contribution in [0, 0.1) is 0 Å². The van der Waals surface area contributed by atoms with Crippen LogP contribution in [0.3, 0.4) is 0 Å². The molecule has 0 radical (unpaired) electrons. The zero-order chi connectivity index (χ0) is 15.1. The number of amides is 1. The second-order valence-corrected chi connectivity index (χ2v) is 5.82. The summed E-state index contributed by atoms with van der Waals surface area (Å²) in [6, 6.07) is 9.99. The monoisotopic (exact) mass is 290 g/mol. The van der Waals surface area contributed by atoms with Gasteiger partial charge in [-0.2, -0.15) is 0 Å². The molecule has 2 unspecified atom stereocenters. The number of nitrogens with two attached hydrogens (primary N) is 1. The van der Waals surface area contributed by atoms with Gasteiger partial charge in [-0.1, -0.05) is 30.3 Å². The van der Waals surface area contributed by atoms with Crippen LogP contribution in [0.4, 0.5) is 0 Å². The Morgan fingerprint density at radius 3 is 2.86 bits per heavy atom. The Hall–Kier alpha value is -1.39. The Morgan fingerprint density at radius 1 is 1.38 bits per heavy atom. The summed E-state index contributed by atoms with van der Waals surface area (Å²) in [5.41, 5.74) is 7.32. The molecule has 0 aliphatic carbocycles. The summed E-state index contributed by atoms with van der Waals surface area (Å²) in [5, 5.41) is 8.94. The summed E-state index contributed by atoms with van der Waals surface area (Å²) in [4.78, 5) is 14.4. The standard InChI is InChI=1S/C17H26N2O2/c18-16(11-10-14-6-2-1-3-7-14)17(21)19-12-4-8-15(19)9-5-13-20/h1-3,6-7,15-16,20H,4-5,8-13,18H2. The number of benzene rings is 1. The van der Waals surface area contributed by atoms with Gasteiger partial charge in [-0.15, -0.1) is 0 Å². The van der Waals surface area contributed by atoms with Crippen molar-refractivity contribution in [2.75, 3.05) is 13.2 Å². The fraction of sp³-hybridized carbons (Fsp3) is 0.588. The lowest BCUT2D eigenvalue weighted by atomic mass is 10.0. The summed E-state index contributed by atoms with van der Waals surface area (Å²) in [7, 11) is 0. The van der Waals surface area contributed by atoms with Gasteiger partial charge in [0.05, 0.1) is 6.04 Å². The number of hydrogen-bond acceptors (Lipinski definition) is 3. The molecule has 21 heavy (non-hydrogen) atoms. The van der Waals surface area contributed by atoms with Gasteiger partial charge in [0.2, 0.25) is 5.91 Å². The van der Waals surface area contributed by atoms with E-state index in [1.807, 2.05) is 23.1 Å². The normalized spacial score (nSPS) is 19.7. The first-order valence-electron chi connectivity index (χ1n) is 7.93. The highest BCUT2D eigenvalue weighted by Crippen LogP contribution is 2.22. The Kier molecular flexibility index (Phi) is 6.21. The van der Waals surface area contributed by atoms with Gasteiger partial charge in [-0.05, 0) is 44.1 Å². The van der Waals surface area contributed by atoms with Crippen molar-refractivity contribution < 1.29 is 9.90 Å². The molecule has 2 rings (SSSR count). The van der Waals surface area contributed by atoms with E-state index in [9.17, 15) is 4.79 Å². The van der Waals surface area contributed by atoms with E-state index < -0.39 is 6.04 Å². The number of aliphatic hydroxyl groups is 1. The van der Waals surface area contributed by atoms with Crippen molar-refractivity contribution in [2.45, 2.75) is 50.6 Å². The van der Waals surface area contributed by atoms with Crippen molar-refractivity contribution in [3.8, 4) is 0 Å². The van der Waals surface area contributed by atoms with Crippen LogP contribution in [0.5, 0.6) is 0 Å². The number of carbonyl (C=O) groups excluding carboxylic acids is 1. The lowest BCUT2D eigenvalue weighted by molar-refractivity contribution is -0.133. The predicted octanol–water partition coefficient (Wildman–Crippen LogP) is 1.71. The van der Waals surface area contributed by atoms with Crippen molar-refractivity contribution in [3.63, 3.8) is 0 Å². The van der Waals surface area contributed by atoms with Gasteiger partial charge >= 0.3 is 0 Å². The molecule has 0 spiro atoms. The molecule has 1 aliphatic rings. The van der Waals surface area contributed by atoms with Crippen LogP contribution in [0.25, 0.3) is 0 Å². The molecule has 1 amide bonds. The first-order valence-corrected chi connectivity index (χ1v) is 7.93. The van der Waals surface area contributed by atoms with Crippen LogP contribution in [0.1, 0.15) is 37.7 Å². The van der Waals surface area contributed by atoms with Gasteiger partial charge in [0.1, 0.15) is 0 Å². The summed E-state index contributed by atoms with van der Waals surface area (Å²) in [6.45, 7) is 1.01. The van der Waals surface area contributed by atoms with E-state index in [2.05, 4.69) is 12.1 Å². The zero-order valence-corrected chi connectivity index (χ0v) is 12.6. The fourth-order valence-corrected chi connectivity index (χ4v) is 3.06. The number of likely N-dealkylation sites (tertiary alicyclic amines) is 1. The first kappa shape index (κ1) is 16.0. The highest BCUT2D eigenvalue weighted by atomic mass is 16.3. The number of aryl methyl sites for hydroxylation is 1. The van der Waals surface area contributed by atoms with Gasteiger partial charge in [0, 0.05) is 19.2 Å². The number of aliphatic hydroxyl groups excluding tert-OH is 1. The molecule has 1 aliphatic heterocycles. The van der Waals surface area contributed by atoms with Crippen LogP contribution in [-0.4, -0.2) is 41.1 Å². The lowest BCUT2D eigenvalue weighted by Gasteiger charge is -2.27. The maximum atomic E-state index is 12.5. The van der Waals surface area contributed by atoms with E-state index in [1.54, 1.807) is 0 Å². The SMILES string of the molecule is NC(CCc1ccccc1)C(=O)N1CCCC1CCCO. The van der Waals surface area contributed by atoms with Gasteiger partial charge < -0.3 is 15.7 Å².